The number of allylic oxidation sites excluding steroid dienone is 1. The number of fused-ring (bicyclic) bond motifs is 1. The van der Waals surface area contributed by atoms with Crippen molar-refractivity contribution in [3.8, 4) is 11.5 Å². The Hall–Kier alpha value is -2.30. The second kappa shape index (κ2) is 8.52. The van der Waals surface area contributed by atoms with Gasteiger partial charge in [0.1, 0.15) is 11.5 Å². The molecule has 0 N–H and O–H groups in total. The number of benzene rings is 1. The molecule has 0 aromatic heterocycles. The topological polar surface area (TPSA) is 61.8 Å². The molecule has 0 fully saturated rings. The Kier molecular flexibility index (Phi) is 6.41. The second-order valence-corrected chi connectivity index (χ2v) is 5.68. The van der Waals surface area contributed by atoms with E-state index in [0.717, 1.165) is 18.4 Å². The van der Waals surface area contributed by atoms with E-state index in [4.69, 9.17) is 14.2 Å². The van der Waals surface area contributed by atoms with Crippen LogP contribution < -0.4 is 9.47 Å². The van der Waals surface area contributed by atoms with E-state index in [9.17, 15) is 9.59 Å². The highest BCUT2D eigenvalue weighted by Crippen LogP contribution is 2.42. The summed E-state index contributed by atoms with van der Waals surface area (Å²) in [6.07, 6.45) is 4.19. The van der Waals surface area contributed by atoms with Gasteiger partial charge in [0.2, 0.25) is 0 Å². The molecule has 0 radical (unpaired) electrons. The molecule has 2 rings (SSSR count). The first-order valence-electron chi connectivity index (χ1n) is 8.38. The average Bonchev–Trinajstić information content (AvgIpc) is 2.56. The fourth-order valence-corrected chi connectivity index (χ4v) is 2.78. The highest BCUT2D eigenvalue weighted by atomic mass is 16.6. The van der Waals surface area contributed by atoms with E-state index in [1.54, 1.807) is 25.1 Å². The van der Waals surface area contributed by atoms with Crippen LogP contribution in [0.25, 0.3) is 0 Å². The predicted molar refractivity (Wildman–Crippen MR) is 90.2 cm³/mol. The van der Waals surface area contributed by atoms with Gasteiger partial charge >= 0.3 is 11.9 Å². The zero-order valence-corrected chi connectivity index (χ0v) is 14.2. The van der Waals surface area contributed by atoms with E-state index in [1.165, 1.54) is 0 Å². The molecule has 0 aliphatic carbocycles. The van der Waals surface area contributed by atoms with Gasteiger partial charge in [-0.15, -0.1) is 6.58 Å². The van der Waals surface area contributed by atoms with E-state index in [1.807, 2.05) is 6.07 Å². The molecule has 1 aliphatic heterocycles. The van der Waals surface area contributed by atoms with E-state index in [-0.39, 0.29) is 12.5 Å². The lowest BCUT2D eigenvalue weighted by atomic mass is 9.81. The third-order valence-corrected chi connectivity index (χ3v) is 3.98. The Balaban J connectivity index is 2.32. The van der Waals surface area contributed by atoms with Crippen molar-refractivity contribution >= 4 is 11.9 Å². The minimum Gasteiger partial charge on any atom is -0.494 e. The average molecular weight is 332 g/mol. The van der Waals surface area contributed by atoms with Crippen LogP contribution in [0.2, 0.25) is 0 Å². The highest BCUT2D eigenvalue weighted by Gasteiger charge is 2.43. The van der Waals surface area contributed by atoms with Gasteiger partial charge in [-0.25, -0.2) is 0 Å². The lowest BCUT2D eigenvalue weighted by molar-refractivity contribution is -0.159. The summed E-state index contributed by atoms with van der Waals surface area (Å²) in [4.78, 5) is 24.5. The van der Waals surface area contributed by atoms with Gasteiger partial charge in [0.15, 0.2) is 5.92 Å². The second-order valence-electron chi connectivity index (χ2n) is 5.68. The Bertz CT molecular complexity index is 608. The molecule has 0 saturated carbocycles. The van der Waals surface area contributed by atoms with Gasteiger partial charge in [0, 0.05) is 11.5 Å². The van der Waals surface area contributed by atoms with Gasteiger partial charge in [-0.3, -0.25) is 9.59 Å². The minimum atomic E-state index is -0.971. The first-order valence-corrected chi connectivity index (χ1v) is 8.38. The van der Waals surface area contributed by atoms with Crippen LogP contribution >= 0.6 is 0 Å². The zero-order valence-electron chi connectivity index (χ0n) is 14.2. The Morgan fingerprint density at radius 2 is 2.17 bits per heavy atom. The maximum Gasteiger partial charge on any atom is 0.326 e. The van der Waals surface area contributed by atoms with Crippen LogP contribution in [0.4, 0.5) is 0 Å². The first-order chi connectivity index (χ1) is 11.6. The van der Waals surface area contributed by atoms with Crippen LogP contribution in [-0.2, 0) is 14.3 Å². The number of unbranched alkanes of at least 4 members (excludes halogenated alkanes) is 1. The molecule has 0 spiro atoms. The van der Waals surface area contributed by atoms with Crippen LogP contribution in [-0.4, -0.2) is 25.2 Å². The number of hydrogen-bond donors (Lipinski definition) is 0. The molecule has 1 aromatic carbocycles. The number of esters is 2. The molecule has 1 unspecified atom stereocenters. The van der Waals surface area contributed by atoms with Crippen molar-refractivity contribution in [3.63, 3.8) is 0 Å². The molecule has 5 heteroatoms. The molecule has 1 heterocycles. The van der Waals surface area contributed by atoms with Crippen LogP contribution in [0.3, 0.4) is 0 Å². The van der Waals surface area contributed by atoms with Gasteiger partial charge in [0.25, 0.3) is 0 Å². The minimum absolute atomic E-state index is 0.219. The lowest BCUT2D eigenvalue weighted by Gasteiger charge is -2.30. The van der Waals surface area contributed by atoms with Crippen LogP contribution in [0.15, 0.2) is 30.9 Å². The Morgan fingerprint density at radius 1 is 1.38 bits per heavy atom. The van der Waals surface area contributed by atoms with Crippen LogP contribution in [0, 0.1) is 5.92 Å². The maximum atomic E-state index is 12.3. The SMILES string of the molecule is C=CC[C@@H]1c2cc(OCCCC)ccc2OC(=O)C1C(=O)OCC. The quantitative estimate of drug-likeness (QED) is 0.239. The number of carbonyl (C=O) groups is 2. The fraction of sp³-hybridized carbons (Fsp3) is 0.474. The zero-order chi connectivity index (χ0) is 17.5. The largest absolute Gasteiger partial charge is 0.494 e. The number of ether oxygens (including phenoxy) is 3. The van der Waals surface area contributed by atoms with Gasteiger partial charge in [-0.1, -0.05) is 19.4 Å². The summed E-state index contributed by atoms with van der Waals surface area (Å²) in [5.41, 5.74) is 0.779. The molecule has 0 amide bonds. The van der Waals surface area contributed by atoms with Crippen molar-refractivity contribution in [2.75, 3.05) is 13.2 Å². The molecular formula is C19H24O5. The van der Waals surface area contributed by atoms with Crippen molar-refractivity contribution < 1.29 is 23.8 Å². The maximum absolute atomic E-state index is 12.3. The van der Waals surface area contributed by atoms with Gasteiger partial charge in [-0.05, 0) is 38.0 Å². The summed E-state index contributed by atoms with van der Waals surface area (Å²) in [5.74, 6) is -1.29. The normalized spacial score (nSPS) is 19.2. The van der Waals surface area contributed by atoms with E-state index in [0.29, 0.717) is 24.5 Å². The molecule has 0 bridgehead atoms. The van der Waals surface area contributed by atoms with Gasteiger partial charge in [0.05, 0.1) is 13.2 Å². The first kappa shape index (κ1) is 18.0. The smallest absolute Gasteiger partial charge is 0.326 e. The van der Waals surface area contributed by atoms with Gasteiger partial charge in [-0.2, -0.15) is 0 Å². The Morgan fingerprint density at radius 3 is 2.83 bits per heavy atom. The van der Waals surface area contributed by atoms with Crippen molar-refractivity contribution in [2.45, 2.75) is 39.0 Å². The molecule has 2 atom stereocenters. The van der Waals surface area contributed by atoms with E-state index >= 15 is 0 Å². The molecule has 5 nitrogen and oxygen atoms in total. The third-order valence-electron chi connectivity index (χ3n) is 3.98. The van der Waals surface area contributed by atoms with Crippen LogP contribution in [0.1, 0.15) is 44.6 Å². The van der Waals surface area contributed by atoms with Crippen molar-refractivity contribution in [1.82, 2.24) is 0 Å². The predicted octanol–water partition coefficient (Wildman–Crippen LogP) is 3.62. The number of carbonyl (C=O) groups excluding carboxylic acids is 2. The Labute approximate surface area is 142 Å². The third kappa shape index (κ3) is 3.96. The molecule has 0 saturated heterocycles. The summed E-state index contributed by atoms with van der Waals surface area (Å²) in [6, 6.07) is 5.33. The van der Waals surface area contributed by atoms with E-state index in [2.05, 4.69) is 13.5 Å². The highest BCUT2D eigenvalue weighted by molar-refractivity contribution is 5.98. The number of rotatable bonds is 8. The van der Waals surface area contributed by atoms with Crippen LogP contribution in [0.5, 0.6) is 11.5 Å². The summed E-state index contributed by atoms with van der Waals surface area (Å²) in [6.45, 7) is 8.39. The summed E-state index contributed by atoms with van der Waals surface area (Å²) in [5, 5.41) is 0. The molecule has 1 aliphatic rings. The monoisotopic (exact) mass is 332 g/mol. The summed E-state index contributed by atoms with van der Waals surface area (Å²) in [7, 11) is 0. The lowest BCUT2D eigenvalue weighted by Crippen LogP contribution is -2.38. The molecule has 130 valence electrons. The summed E-state index contributed by atoms with van der Waals surface area (Å²) < 4.78 is 16.1. The number of hydrogen-bond acceptors (Lipinski definition) is 5. The van der Waals surface area contributed by atoms with Crippen molar-refractivity contribution in [1.29, 1.82) is 0 Å². The molecule has 1 aromatic rings. The summed E-state index contributed by atoms with van der Waals surface area (Å²) >= 11 is 0. The van der Waals surface area contributed by atoms with E-state index < -0.39 is 17.9 Å². The van der Waals surface area contributed by atoms with Gasteiger partial charge < -0.3 is 14.2 Å². The van der Waals surface area contributed by atoms with Crippen molar-refractivity contribution in [3.05, 3.63) is 36.4 Å². The van der Waals surface area contributed by atoms with Crippen molar-refractivity contribution in [2.24, 2.45) is 5.92 Å². The molecular weight excluding hydrogens is 308 g/mol. The fourth-order valence-electron chi connectivity index (χ4n) is 2.78. The molecule has 24 heavy (non-hydrogen) atoms. The standard InChI is InChI=1S/C19H24O5/c1-4-7-11-23-13-9-10-16-15(12-13)14(8-5-2)17(19(21)24-16)18(20)22-6-3/h5,9-10,12,14,17H,2,4,6-8,11H2,1,3H3/t14-,17?/m1/s1.